The van der Waals surface area contributed by atoms with Crippen LogP contribution in [0.4, 0.5) is 5.13 Å². The van der Waals surface area contributed by atoms with Crippen molar-refractivity contribution in [1.82, 2.24) is 25.5 Å². The molecular weight excluding hydrogens is 464 g/mol. The SMILES string of the molecule is CCCC(=O)NCC(=O)C(Cc1c[nH]c2ccccc12)NC(=O)c1cnc(N2CCN(C)CC2)s1. The Kier molecular flexibility index (Phi) is 8.14. The number of likely N-dealkylation sites (N-methyl/N-ethyl adjacent to an activating group) is 1. The molecule has 1 aliphatic rings. The second kappa shape index (κ2) is 11.5. The molecule has 2 amide bonds. The maximum Gasteiger partial charge on any atom is 0.263 e. The summed E-state index contributed by atoms with van der Waals surface area (Å²) in [6.45, 7) is 5.42. The summed E-state index contributed by atoms with van der Waals surface area (Å²) in [5, 5.41) is 7.40. The number of thiazole rings is 1. The molecule has 1 fully saturated rings. The lowest BCUT2D eigenvalue weighted by atomic mass is 10.0. The van der Waals surface area contributed by atoms with E-state index in [2.05, 4.69) is 37.4 Å². The van der Waals surface area contributed by atoms with Crippen molar-refractivity contribution in [2.24, 2.45) is 0 Å². The molecule has 3 heterocycles. The van der Waals surface area contributed by atoms with Crippen molar-refractivity contribution >= 4 is 45.0 Å². The largest absolute Gasteiger partial charge is 0.361 e. The Bertz CT molecular complexity index is 1180. The second-order valence-electron chi connectivity index (χ2n) is 8.88. The summed E-state index contributed by atoms with van der Waals surface area (Å²) in [6, 6.07) is 7.06. The standard InChI is InChI=1S/C25H32N6O3S/c1-3-6-23(33)27-15-21(32)20(13-17-14-26-19-8-5-4-7-18(17)19)29-24(34)22-16-28-25(35-22)31-11-9-30(2)10-12-31/h4-5,7-8,14,16,20,26H,3,6,9-13,15H2,1-2H3,(H,27,33)(H,29,34). The first-order valence-corrected chi connectivity index (χ1v) is 12.8. The maximum atomic E-state index is 13.1. The number of nitrogens with zero attached hydrogens (tertiary/aromatic N) is 3. The number of rotatable bonds is 10. The predicted octanol–water partition coefficient (Wildman–Crippen LogP) is 2.20. The van der Waals surface area contributed by atoms with Gasteiger partial charge in [0.1, 0.15) is 4.88 Å². The molecule has 0 bridgehead atoms. The number of H-pyrrole nitrogens is 1. The van der Waals surface area contributed by atoms with Crippen LogP contribution in [0, 0.1) is 0 Å². The first-order chi connectivity index (χ1) is 16.9. The van der Waals surface area contributed by atoms with Crippen molar-refractivity contribution in [2.45, 2.75) is 32.2 Å². The number of piperazine rings is 1. The lowest BCUT2D eigenvalue weighted by Crippen LogP contribution is -2.46. The molecule has 1 aromatic carbocycles. The molecule has 0 spiro atoms. The molecule has 3 aromatic rings. The molecular formula is C25H32N6O3S. The molecule has 1 atom stereocenters. The minimum atomic E-state index is -0.780. The number of ketones is 1. The highest BCUT2D eigenvalue weighted by atomic mass is 32.1. The van der Waals surface area contributed by atoms with Gasteiger partial charge in [-0.25, -0.2) is 4.98 Å². The van der Waals surface area contributed by atoms with E-state index >= 15 is 0 Å². The molecule has 3 N–H and O–H groups in total. The van der Waals surface area contributed by atoms with Gasteiger partial charge in [-0.1, -0.05) is 36.5 Å². The number of fused-ring (bicyclic) bond motifs is 1. The first kappa shape index (κ1) is 24.9. The van der Waals surface area contributed by atoms with Crippen LogP contribution in [0.5, 0.6) is 0 Å². The summed E-state index contributed by atoms with van der Waals surface area (Å²) in [5.74, 6) is -0.741. The molecule has 1 saturated heterocycles. The van der Waals surface area contributed by atoms with Crippen LogP contribution in [0.2, 0.25) is 0 Å². The van der Waals surface area contributed by atoms with Crippen LogP contribution in [0.3, 0.4) is 0 Å². The predicted molar refractivity (Wildman–Crippen MR) is 138 cm³/mol. The Morgan fingerprint density at radius 1 is 1.17 bits per heavy atom. The molecule has 1 unspecified atom stereocenters. The maximum absolute atomic E-state index is 13.1. The molecule has 4 rings (SSSR count). The summed E-state index contributed by atoms with van der Waals surface area (Å²) in [5.41, 5.74) is 1.90. The zero-order valence-corrected chi connectivity index (χ0v) is 21.0. The van der Waals surface area contributed by atoms with E-state index in [1.807, 2.05) is 37.4 Å². The number of anilines is 1. The van der Waals surface area contributed by atoms with E-state index in [0.717, 1.165) is 47.8 Å². The third-order valence-electron chi connectivity index (χ3n) is 6.22. The number of aromatic nitrogens is 2. The zero-order chi connectivity index (χ0) is 24.8. The number of aromatic amines is 1. The average molecular weight is 497 g/mol. The number of para-hydroxylation sites is 1. The molecule has 1 aliphatic heterocycles. The number of Topliss-reactive ketones (excluding diaryl/α,β-unsaturated/α-hetero) is 1. The Morgan fingerprint density at radius 3 is 2.71 bits per heavy atom. The monoisotopic (exact) mass is 496 g/mol. The quantitative estimate of drug-likeness (QED) is 0.397. The summed E-state index contributed by atoms with van der Waals surface area (Å²) in [4.78, 5) is 50.7. The Labute approximate surface area is 208 Å². The van der Waals surface area contributed by atoms with E-state index < -0.39 is 6.04 Å². The first-order valence-electron chi connectivity index (χ1n) is 12.0. The minimum absolute atomic E-state index is 0.124. The van der Waals surface area contributed by atoms with Crippen LogP contribution in [0.25, 0.3) is 10.9 Å². The summed E-state index contributed by atoms with van der Waals surface area (Å²) < 4.78 is 0. The van der Waals surface area contributed by atoms with E-state index in [1.54, 1.807) is 6.20 Å². The Hall–Kier alpha value is -3.24. The van der Waals surface area contributed by atoms with Gasteiger partial charge in [-0.2, -0.15) is 0 Å². The van der Waals surface area contributed by atoms with Gasteiger partial charge in [0.05, 0.1) is 18.8 Å². The summed E-state index contributed by atoms with van der Waals surface area (Å²) in [6.07, 6.45) is 4.83. The van der Waals surface area contributed by atoms with Crippen molar-refractivity contribution < 1.29 is 14.4 Å². The normalized spacial score (nSPS) is 15.2. The fraction of sp³-hybridized carbons (Fsp3) is 0.440. The van der Waals surface area contributed by atoms with Gasteiger partial charge in [0.15, 0.2) is 10.9 Å². The second-order valence-corrected chi connectivity index (χ2v) is 9.89. The number of benzene rings is 1. The van der Waals surface area contributed by atoms with Gasteiger partial charge < -0.3 is 25.4 Å². The molecule has 10 heteroatoms. The highest BCUT2D eigenvalue weighted by Crippen LogP contribution is 2.24. The van der Waals surface area contributed by atoms with E-state index in [9.17, 15) is 14.4 Å². The van der Waals surface area contributed by atoms with Gasteiger partial charge in [0, 0.05) is 56.1 Å². The topological polar surface area (TPSA) is 110 Å². The van der Waals surface area contributed by atoms with Crippen LogP contribution >= 0.6 is 11.3 Å². The van der Waals surface area contributed by atoms with Gasteiger partial charge in [0.25, 0.3) is 5.91 Å². The molecule has 9 nitrogen and oxygen atoms in total. The third-order valence-corrected chi connectivity index (χ3v) is 7.28. The number of nitrogens with one attached hydrogen (secondary N) is 3. The van der Waals surface area contributed by atoms with E-state index in [4.69, 9.17) is 0 Å². The van der Waals surface area contributed by atoms with E-state index in [1.165, 1.54) is 11.3 Å². The highest BCUT2D eigenvalue weighted by Gasteiger charge is 2.25. The molecule has 2 aromatic heterocycles. The number of carbonyl (C=O) groups is 3. The van der Waals surface area contributed by atoms with Crippen molar-refractivity contribution in [3.8, 4) is 0 Å². The van der Waals surface area contributed by atoms with Gasteiger partial charge in [-0.05, 0) is 25.1 Å². The van der Waals surface area contributed by atoms with Gasteiger partial charge in [-0.3, -0.25) is 14.4 Å². The van der Waals surface area contributed by atoms with Crippen molar-refractivity contribution in [1.29, 1.82) is 0 Å². The Balaban J connectivity index is 1.48. The van der Waals surface area contributed by atoms with Crippen LogP contribution in [-0.2, 0) is 16.0 Å². The van der Waals surface area contributed by atoms with E-state index in [-0.39, 0.29) is 24.1 Å². The molecule has 0 saturated carbocycles. The molecule has 186 valence electrons. The summed E-state index contributed by atoms with van der Waals surface area (Å²) >= 11 is 1.33. The van der Waals surface area contributed by atoms with Crippen LogP contribution < -0.4 is 15.5 Å². The van der Waals surface area contributed by atoms with Gasteiger partial charge in [-0.15, -0.1) is 0 Å². The Morgan fingerprint density at radius 2 is 1.94 bits per heavy atom. The highest BCUT2D eigenvalue weighted by molar-refractivity contribution is 7.17. The number of hydrogen-bond donors (Lipinski definition) is 3. The fourth-order valence-corrected chi connectivity index (χ4v) is 5.00. The molecule has 35 heavy (non-hydrogen) atoms. The van der Waals surface area contributed by atoms with Crippen molar-refractivity contribution in [2.75, 3.05) is 44.7 Å². The van der Waals surface area contributed by atoms with Gasteiger partial charge in [0.2, 0.25) is 5.91 Å². The number of amides is 2. The number of hydrogen-bond acceptors (Lipinski definition) is 7. The molecule has 0 radical (unpaired) electrons. The summed E-state index contributed by atoms with van der Waals surface area (Å²) in [7, 11) is 2.09. The minimum Gasteiger partial charge on any atom is -0.361 e. The molecule has 0 aliphatic carbocycles. The fourth-order valence-electron chi connectivity index (χ4n) is 4.13. The average Bonchev–Trinajstić information content (AvgIpc) is 3.51. The number of carbonyl (C=O) groups excluding carboxylic acids is 3. The third kappa shape index (κ3) is 6.26. The van der Waals surface area contributed by atoms with Crippen molar-refractivity contribution in [3.05, 3.63) is 47.1 Å². The van der Waals surface area contributed by atoms with Crippen molar-refractivity contribution in [3.63, 3.8) is 0 Å². The van der Waals surface area contributed by atoms with Crippen LogP contribution in [-0.4, -0.2) is 78.3 Å². The van der Waals surface area contributed by atoms with Crippen LogP contribution in [0.1, 0.15) is 35.0 Å². The lowest BCUT2D eigenvalue weighted by Gasteiger charge is -2.32. The smallest absolute Gasteiger partial charge is 0.263 e. The zero-order valence-electron chi connectivity index (χ0n) is 20.2. The van der Waals surface area contributed by atoms with E-state index in [0.29, 0.717) is 24.1 Å². The van der Waals surface area contributed by atoms with Crippen LogP contribution in [0.15, 0.2) is 36.7 Å². The van der Waals surface area contributed by atoms with Gasteiger partial charge >= 0.3 is 0 Å². The lowest BCUT2D eigenvalue weighted by molar-refractivity contribution is -0.125.